The van der Waals surface area contributed by atoms with Crippen LogP contribution in [0.4, 0.5) is 0 Å². The minimum absolute atomic E-state index is 0.555. The Labute approximate surface area is 127 Å². The lowest BCUT2D eigenvalue weighted by Crippen LogP contribution is -1.96. The molecule has 106 valence electrons. The quantitative estimate of drug-likeness (QED) is 0.518. The van der Waals surface area contributed by atoms with E-state index in [0.717, 1.165) is 0 Å². The first-order valence-corrected chi connectivity index (χ1v) is 7.67. The summed E-state index contributed by atoms with van der Waals surface area (Å²) in [6.45, 7) is 8.97. The maximum atomic E-state index is 2.39. The Morgan fingerprint density at radius 3 is 2.19 bits per heavy atom. The molecule has 0 heteroatoms. The molecular weight excluding hydrogens is 252 g/mol. The lowest BCUT2D eigenvalue weighted by molar-refractivity contribution is 0.856. The van der Waals surface area contributed by atoms with Crippen LogP contribution in [0.15, 0.2) is 54.6 Å². The predicted octanol–water partition coefficient (Wildman–Crippen LogP) is 6.25. The molecule has 0 bridgehead atoms. The Kier molecular flexibility index (Phi) is 3.55. The smallest absolute Gasteiger partial charge is 0.0103 e. The summed E-state index contributed by atoms with van der Waals surface area (Å²) < 4.78 is 0. The molecular formula is C21H22. The molecule has 0 amide bonds. The first-order valence-electron chi connectivity index (χ1n) is 7.67. The van der Waals surface area contributed by atoms with Gasteiger partial charge in [0.25, 0.3) is 0 Å². The molecule has 0 aromatic heterocycles. The molecule has 0 unspecified atom stereocenters. The lowest BCUT2D eigenvalue weighted by Gasteiger charge is -2.16. The minimum atomic E-state index is 0.555. The molecule has 3 aromatic carbocycles. The zero-order chi connectivity index (χ0) is 15.0. The summed E-state index contributed by atoms with van der Waals surface area (Å²) in [7, 11) is 0. The summed E-state index contributed by atoms with van der Waals surface area (Å²) in [6, 6.07) is 19.9. The average Bonchev–Trinajstić information content (AvgIpc) is 2.46. The maximum Gasteiger partial charge on any atom is -0.0103 e. The molecule has 0 radical (unpaired) electrons. The number of benzene rings is 3. The van der Waals surface area contributed by atoms with Crippen LogP contribution in [0.3, 0.4) is 0 Å². The summed E-state index contributed by atoms with van der Waals surface area (Å²) >= 11 is 0. The maximum absolute atomic E-state index is 2.39. The van der Waals surface area contributed by atoms with Crippen LogP contribution in [0.25, 0.3) is 21.9 Å². The lowest BCUT2D eigenvalue weighted by atomic mass is 9.88. The Hall–Kier alpha value is -2.08. The minimum Gasteiger partial charge on any atom is -0.0616 e. The van der Waals surface area contributed by atoms with Gasteiger partial charge in [0, 0.05) is 0 Å². The molecule has 21 heavy (non-hydrogen) atoms. The van der Waals surface area contributed by atoms with Gasteiger partial charge in [-0.1, -0.05) is 68.4 Å². The van der Waals surface area contributed by atoms with E-state index >= 15 is 0 Å². The second-order valence-corrected chi connectivity index (χ2v) is 6.21. The van der Waals surface area contributed by atoms with Crippen molar-refractivity contribution in [2.75, 3.05) is 0 Å². The number of hydrogen-bond donors (Lipinski definition) is 0. The van der Waals surface area contributed by atoms with Gasteiger partial charge in [0.15, 0.2) is 0 Å². The number of rotatable bonds is 2. The van der Waals surface area contributed by atoms with E-state index in [2.05, 4.69) is 82.3 Å². The van der Waals surface area contributed by atoms with Crippen LogP contribution in [-0.2, 0) is 0 Å². The molecule has 0 aliphatic carbocycles. The van der Waals surface area contributed by atoms with E-state index in [1.807, 2.05) is 0 Å². The summed E-state index contributed by atoms with van der Waals surface area (Å²) in [6.07, 6.45) is 0. The van der Waals surface area contributed by atoms with Gasteiger partial charge >= 0.3 is 0 Å². The van der Waals surface area contributed by atoms with Crippen molar-refractivity contribution in [2.24, 2.45) is 0 Å². The second kappa shape index (κ2) is 5.37. The molecule has 0 N–H and O–H groups in total. The average molecular weight is 274 g/mol. The first-order chi connectivity index (χ1) is 10.1. The fraction of sp³-hybridized carbons (Fsp3) is 0.238. The number of fused-ring (bicyclic) bond motifs is 1. The molecule has 0 saturated heterocycles. The molecule has 0 fully saturated rings. The fourth-order valence-electron chi connectivity index (χ4n) is 3.24. The van der Waals surface area contributed by atoms with Crippen LogP contribution in [-0.4, -0.2) is 0 Å². The highest BCUT2D eigenvalue weighted by molar-refractivity contribution is 5.97. The van der Waals surface area contributed by atoms with Gasteiger partial charge in [-0.15, -0.1) is 0 Å². The molecule has 3 aromatic rings. The SMILES string of the molecule is Cc1cc(C)c(C(C)C)cc1-c1cccc2ccccc12. The van der Waals surface area contributed by atoms with Gasteiger partial charge in [0.1, 0.15) is 0 Å². The highest BCUT2D eigenvalue weighted by Gasteiger charge is 2.11. The molecule has 3 rings (SSSR count). The summed E-state index contributed by atoms with van der Waals surface area (Å²) in [5.41, 5.74) is 6.90. The predicted molar refractivity (Wildman–Crippen MR) is 92.9 cm³/mol. The van der Waals surface area contributed by atoms with E-state index in [1.54, 1.807) is 0 Å². The third-order valence-electron chi connectivity index (χ3n) is 4.31. The monoisotopic (exact) mass is 274 g/mol. The molecule has 0 aliphatic heterocycles. The van der Waals surface area contributed by atoms with Crippen molar-refractivity contribution < 1.29 is 0 Å². The standard InChI is InChI=1S/C21H22/c1-14(2)20-13-21(16(4)12-15(20)3)19-11-7-9-17-8-5-6-10-18(17)19/h5-14H,1-4H3. The van der Waals surface area contributed by atoms with E-state index in [1.165, 1.54) is 38.6 Å². The van der Waals surface area contributed by atoms with Gasteiger partial charge in [-0.05, 0) is 58.4 Å². The zero-order valence-corrected chi connectivity index (χ0v) is 13.3. The third-order valence-corrected chi connectivity index (χ3v) is 4.31. The van der Waals surface area contributed by atoms with Crippen molar-refractivity contribution >= 4 is 10.8 Å². The number of aryl methyl sites for hydroxylation is 2. The van der Waals surface area contributed by atoms with E-state index in [4.69, 9.17) is 0 Å². The molecule has 0 saturated carbocycles. The Morgan fingerprint density at radius 2 is 1.43 bits per heavy atom. The van der Waals surface area contributed by atoms with Gasteiger partial charge in [-0.3, -0.25) is 0 Å². The first kappa shape index (κ1) is 13.9. The zero-order valence-electron chi connectivity index (χ0n) is 13.3. The second-order valence-electron chi connectivity index (χ2n) is 6.21. The largest absolute Gasteiger partial charge is 0.0616 e. The van der Waals surface area contributed by atoms with Crippen LogP contribution in [0.2, 0.25) is 0 Å². The molecule has 0 spiro atoms. The van der Waals surface area contributed by atoms with E-state index in [9.17, 15) is 0 Å². The van der Waals surface area contributed by atoms with Crippen molar-refractivity contribution in [3.63, 3.8) is 0 Å². The van der Waals surface area contributed by atoms with Crippen molar-refractivity contribution in [3.8, 4) is 11.1 Å². The Morgan fingerprint density at radius 1 is 0.714 bits per heavy atom. The van der Waals surface area contributed by atoms with Crippen molar-refractivity contribution in [1.82, 2.24) is 0 Å². The highest BCUT2D eigenvalue weighted by Crippen LogP contribution is 2.34. The van der Waals surface area contributed by atoms with Crippen LogP contribution in [0.1, 0.15) is 36.5 Å². The molecule has 0 aliphatic rings. The van der Waals surface area contributed by atoms with Gasteiger partial charge in [0.2, 0.25) is 0 Å². The fourth-order valence-corrected chi connectivity index (χ4v) is 3.24. The van der Waals surface area contributed by atoms with Crippen LogP contribution in [0, 0.1) is 13.8 Å². The van der Waals surface area contributed by atoms with Crippen LogP contribution < -0.4 is 0 Å². The van der Waals surface area contributed by atoms with Gasteiger partial charge in [0.05, 0.1) is 0 Å². The summed E-state index contributed by atoms with van der Waals surface area (Å²) in [4.78, 5) is 0. The van der Waals surface area contributed by atoms with Crippen molar-refractivity contribution in [2.45, 2.75) is 33.6 Å². The summed E-state index contributed by atoms with van der Waals surface area (Å²) in [5, 5.41) is 2.64. The number of hydrogen-bond acceptors (Lipinski definition) is 0. The van der Waals surface area contributed by atoms with E-state index in [0.29, 0.717) is 5.92 Å². The normalized spacial score (nSPS) is 11.3. The van der Waals surface area contributed by atoms with E-state index < -0.39 is 0 Å². The van der Waals surface area contributed by atoms with Gasteiger partial charge in [-0.25, -0.2) is 0 Å². The van der Waals surface area contributed by atoms with Gasteiger partial charge < -0.3 is 0 Å². The topological polar surface area (TPSA) is 0 Å². The molecule has 0 nitrogen and oxygen atoms in total. The Bertz CT molecular complexity index is 789. The highest BCUT2D eigenvalue weighted by atomic mass is 14.2. The van der Waals surface area contributed by atoms with Crippen LogP contribution >= 0.6 is 0 Å². The Balaban J connectivity index is 2.30. The van der Waals surface area contributed by atoms with Gasteiger partial charge in [-0.2, -0.15) is 0 Å². The van der Waals surface area contributed by atoms with Crippen molar-refractivity contribution in [3.05, 3.63) is 71.3 Å². The van der Waals surface area contributed by atoms with Crippen LogP contribution in [0.5, 0.6) is 0 Å². The molecule has 0 atom stereocenters. The molecule has 0 heterocycles. The van der Waals surface area contributed by atoms with E-state index in [-0.39, 0.29) is 0 Å². The summed E-state index contributed by atoms with van der Waals surface area (Å²) in [5.74, 6) is 0.555. The van der Waals surface area contributed by atoms with Crippen molar-refractivity contribution in [1.29, 1.82) is 0 Å². The third kappa shape index (κ3) is 2.47.